The predicted molar refractivity (Wildman–Crippen MR) is 106 cm³/mol. The van der Waals surface area contributed by atoms with Crippen molar-refractivity contribution < 1.29 is 13.2 Å². The van der Waals surface area contributed by atoms with Crippen LogP contribution in [0.2, 0.25) is 0 Å². The van der Waals surface area contributed by atoms with E-state index >= 15 is 0 Å². The topological polar surface area (TPSA) is 41.6 Å². The van der Waals surface area contributed by atoms with Gasteiger partial charge in [0.15, 0.2) is 11.6 Å². The molecule has 1 aliphatic rings. The van der Waals surface area contributed by atoms with Gasteiger partial charge in [-0.3, -0.25) is 4.98 Å². The van der Waals surface area contributed by atoms with Gasteiger partial charge in [0.2, 0.25) is 0 Å². The Labute approximate surface area is 166 Å². The number of aromatic amines is 1. The molecule has 0 amide bonds. The molecule has 0 unspecified atom stereocenters. The van der Waals surface area contributed by atoms with E-state index in [2.05, 4.69) is 15.0 Å². The Balaban J connectivity index is 1.30. The molecule has 3 nitrogen and oxygen atoms in total. The first-order chi connectivity index (χ1) is 14.1. The zero-order valence-corrected chi connectivity index (χ0v) is 15.8. The highest BCUT2D eigenvalue weighted by atomic mass is 19.2. The quantitative estimate of drug-likeness (QED) is 0.459. The van der Waals surface area contributed by atoms with Crippen LogP contribution in [0.15, 0.2) is 42.6 Å². The van der Waals surface area contributed by atoms with Crippen molar-refractivity contribution in [1.29, 1.82) is 0 Å². The maximum Gasteiger partial charge on any atom is 0.161 e. The van der Waals surface area contributed by atoms with E-state index in [9.17, 15) is 13.2 Å². The third-order valence-corrected chi connectivity index (χ3v) is 6.08. The average molecular weight is 395 g/mol. The van der Waals surface area contributed by atoms with Gasteiger partial charge < -0.3 is 4.98 Å². The van der Waals surface area contributed by atoms with Crippen LogP contribution < -0.4 is 0 Å². The lowest BCUT2D eigenvalue weighted by Gasteiger charge is -2.29. The molecular formula is C23H20F3N3. The van der Waals surface area contributed by atoms with Crippen molar-refractivity contribution >= 4 is 21.9 Å². The van der Waals surface area contributed by atoms with Crippen molar-refractivity contribution in [3.8, 4) is 0 Å². The number of fused-ring (bicyclic) bond motifs is 2. The molecule has 0 atom stereocenters. The number of imidazole rings is 1. The molecule has 0 bridgehead atoms. The lowest BCUT2D eigenvalue weighted by atomic mass is 9.77. The van der Waals surface area contributed by atoms with Gasteiger partial charge in [-0.05, 0) is 67.3 Å². The molecule has 1 fully saturated rings. The highest BCUT2D eigenvalue weighted by Crippen LogP contribution is 2.39. The van der Waals surface area contributed by atoms with Crippen LogP contribution in [0.25, 0.3) is 21.9 Å². The zero-order valence-electron chi connectivity index (χ0n) is 15.8. The molecule has 29 heavy (non-hydrogen) atoms. The molecule has 0 radical (unpaired) electrons. The van der Waals surface area contributed by atoms with Gasteiger partial charge in [0, 0.05) is 30.1 Å². The Kier molecular flexibility index (Phi) is 4.49. The molecule has 1 aliphatic carbocycles. The van der Waals surface area contributed by atoms with Crippen molar-refractivity contribution in [2.24, 2.45) is 5.92 Å². The first-order valence-electron chi connectivity index (χ1n) is 9.94. The van der Waals surface area contributed by atoms with Crippen molar-refractivity contribution in [2.45, 2.75) is 38.0 Å². The van der Waals surface area contributed by atoms with Crippen molar-refractivity contribution in [3.05, 3.63) is 71.4 Å². The summed E-state index contributed by atoms with van der Waals surface area (Å²) in [5.74, 6) is -0.363. The number of pyridine rings is 1. The monoisotopic (exact) mass is 395 g/mol. The molecular weight excluding hydrogens is 375 g/mol. The minimum Gasteiger partial charge on any atom is -0.342 e. The van der Waals surface area contributed by atoms with E-state index < -0.39 is 11.6 Å². The molecule has 2 aromatic heterocycles. The van der Waals surface area contributed by atoms with E-state index in [0.717, 1.165) is 61.0 Å². The number of nitrogens with zero attached hydrogens (tertiary/aromatic N) is 2. The largest absolute Gasteiger partial charge is 0.342 e. The number of benzene rings is 2. The molecule has 0 spiro atoms. The van der Waals surface area contributed by atoms with Gasteiger partial charge in [-0.25, -0.2) is 18.2 Å². The number of hydrogen-bond acceptors (Lipinski definition) is 2. The Morgan fingerprint density at radius 3 is 2.52 bits per heavy atom. The van der Waals surface area contributed by atoms with E-state index in [1.54, 1.807) is 18.3 Å². The minimum absolute atomic E-state index is 0.238. The second kappa shape index (κ2) is 7.17. The van der Waals surface area contributed by atoms with Crippen LogP contribution in [0.4, 0.5) is 13.2 Å². The third kappa shape index (κ3) is 3.48. The van der Waals surface area contributed by atoms with E-state index in [-0.39, 0.29) is 5.82 Å². The van der Waals surface area contributed by atoms with E-state index in [0.29, 0.717) is 22.9 Å². The molecule has 4 aromatic rings. The zero-order chi connectivity index (χ0) is 20.0. The summed E-state index contributed by atoms with van der Waals surface area (Å²) in [4.78, 5) is 11.9. The number of rotatable bonds is 3. The van der Waals surface area contributed by atoms with Gasteiger partial charge in [-0.2, -0.15) is 0 Å². The highest BCUT2D eigenvalue weighted by molar-refractivity contribution is 5.82. The fraction of sp³-hybridized carbons (Fsp3) is 0.304. The Morgan fingerprint density at radius 1 is 0.897 bits per heavy atom. The molecule has 0 aliphatic heterocycles. The summed E-state index contributed by atoms with van der Waals surface area (Å²) < 4.78 is 40.5. The fourth-order valence-electron chi connectivity index (χ4n) is 4.60. The van der Waals surface area contributed by atoms with Gasteiger partial charge in [0.1, 0.15) is 11.6 Å². The summed E-state index contributed by atoms with van der Waals surface area (Å²) in [5, 5.41) is 0.900. The molecule has 0 saturated heterocycles. The third-order valence-electron chi connectivity index (χ3n) is 6.08. The molecule has 1 saturated carbocycles. The molecule has 6 heteroatoms. The van der Waals surface area contributed by atoms with Crippen molar-refractivity contribution in [1.82, 2.24) is 15.0 Å². The predicted octanol–water partition coefficient (Wildman–Crippen LogP) is 6.04. The van der Waals surface area contributed by atoms with Crippen molar-refractivity contribution in [3.63, 3.8) is 0 Å². The number of hydrogen-bond donors (Lipinski definition) is 1. The smallest absolute Gasteiger partial charge is 0.161 e. The van der Waals surface area contributed by atoms with E-state index in [1.165, 1.54) is 11.6 Å². The number of nitrogens with one attached hydrogen (secondary N) is 1. The summed E-state index contributed by atoms with van der Waals surface area (Å²) in [5.41, 5.74) is 2.98. The molecule has 5 rings (SSSR count). The Morgan fingerprint density at radius 2 is 1.69 bits per heavy atom. The minimum atomic E-state index is -0.878. The Hall–Kier alpha value is -2.89. The maximum atomic E-state index is 13.7. The van der Waals surface area contributed by atoms with E-state index in [4.69, 9.17) is 0 Å². The van der Waals surface area contributed by atoms with Crippen LogP contribution >= 0.6 is 0 Å². The van der Waals surface area contributed by atoms with Gasteiger partial charge in [0.05, 0.1) is 16.6 Å². The molecule has 1 N–H and O–H groups in total. The van der Waals surface area contributed by atoms with Crippen LogP contribution in [-0.4, -0.2) is 15.0 Å². The lowest BCUT2D eigenvalue weighted by molar-refractivity contribution is 0.322. The van der Waals surface area contributed by atoms with E-state index in [1.807, 2.05) is 6.07 Å². The first-order valence-corrected chi connectivity index (χ1v) is 9.94. The van der Waals surface area contributed by atoms with Crippen molar-refractivity contribution in [2.75, 3.05) is 0 Å². The summed E-state index contributed by atoms with van der Waals surface area (Å²) in [7, 11) is 0. The lowest BCUT2D eigenvalue weighted by Crippen LogP contribution is -2.16. The SMILES string of the molecule is Fc1ccc2nccc(C3CCC(Cc4nc5cc(F)c(F)cc5[nH]4)CC3)c2c1. The Bertz CT molecular complexity index is 1150. The number of aromatic nitrogens is 3. The standard InChI is InChI=1S/C23H20F3N3/c24-15-5-6-20-17(10-15)16(7-8-27-20)14-3-1-13(2-4-14)9-23-28-21-11-18(25)19(26)12-22(21)29-23/h5-8,10-14H,1-4,9H2,(H,28,29). The average Bonchev–Trinajstić information content (AvgIpc) is 3.09. The van der Waals surface area contributed by atoms with Crippen LogP contribution in [0.3, 0.4) is 0 Å². The van der Waals surface area contributed by atoms with Gasteiger partial charge in [0.25, 0.3) is 0 Å². The second-order valence-electron chi connectivity index (χ2n) is 7.95. The van der Waals surface area contributed by atoms with Crippen LogP contribution in [0.5, 0.6) is 0 Å². The van der Waals surface area contributed by atoms with Gasteiger partial charge in [-0.15, -0.1) is 0 Å². The summed E-state index contributed by atoms with van der Waals surface area (Å²) in [6, 6.07) is 9.06. The molecule has 2 heterocycles. The number of halogens is 3. The van der Waals surface area contributed by atoms with Gasteiger partial charge >= 0.3 is 0 Å². The fourth-order valence-corrected chi connectivity index (χ4v) is 4.60. The molecule has 2 aromatic carbocycles. The summed E-state index contributed by atoms with van der Waals surface area (Å²) >= 11 is 0. The van der Waals surface area contributed by atoms with Crippen LogP contribution in [-0.2, 0) is 6.42 Å². The molecule has 148 valence electrons. The number of H-pyrrole nitrogens is 1. The normalized spacial score (nSPS) is 19.8. The first kappa shape index (κ1) is 18.2. The van der Waals surface area contributed by atoms with Crippen LogP contribution in [0, 0.1) is 23.4 Å². The summed E-state index contributed by atoms with van der Waals surface area (Å²) in [6.45, 7) is 0. The second-order valence-corrected chi connectivity index (χ2v) is 7.95. The summed E-state index contributed by atoms with van der Waals surface area (Å²) in [6.07, 6.45) is 6.66. The maximum absolute atomic E-state index is 13.7. The van der Waals surface area contributed by atoms with Crippen LogP contribution in [0.1, 0.15) is 43.0 Å². The van der Waals surface area contributed by atoms with Gasteiger partial charge in [-0.1, -0.05) is 0 Å². The highest BCUT2D eigenvalue weighted by Gasteiger charge is 2.25.